The molecule has 0 aliphatic carbocycles. The second-order valence-corrected chi connectivity index (χ2v) is 3.36. The van der Waals surface area contributed by atoms with Crippen LogP contribution in [0.2, 0.25) is 0 Å². The minimum absolute atomic E-state index is 0.348. The summed E-state index contributed by atoms with van der Waals surface area (Å²) >= 11 is -2.00. The fourth-order valence-electron chi connectivity index (χ4n) is 1.01. The first-order valence-electron chi connectivity index (χ1n) is 3.89. The first kappa shape index (κ1) is 10.2. The van der Waals surface area contributed by atoms with E-state index in [1.165, 1.54) is 4.31 Å². The maximum absolute atomic E-state index is 10.9. The molecule has 1 aromatic rings. The van der Waals surface area contributed by atoms with Crippen LogP contribution in [0.4, 0.5) is 5.69 Å². The molecule has 0 spiro atoms. The first-order valence-corrected chi connectivity index (χ1v) is 4.95. The summed E-state index contributed by atoms with van der Waals surface area (Å²) in [6, 6.07) is 9.01. The van der Waals surface area contributed by atoms with Crippen LogP contribution in [0.25, 0.3) is 0 Å². The average Bonchev–Trinajstić information content (AvgIpc) is 2.15. The van der Waals surface area contributed by atoms with Crippen LogP contribution in [-0.2, 0) is 11.3 Å². The van der Waals surface area contributed by atoms with E-state index in [2.05, 4.69) is 0 Å². The molecule has 1 unspecified atom stereocenters. The molecule has 13 heavy (non-hydrogen) atoms. The van der Waals surface area contributed by atoms with Gasteiger partial charge in [-0.25, -0.2) is 4.21 Å². The highest BCUT2D eigenvalue weighted by Crippen LogP contribution is 2.13. The molecule has 4 nitrogen and oxygen atoms in total. The summed E-state index contributed by atoms with van der Waals surface area (Å²) in [6.45, 7) is 0.717. The van der Waals surface area contributed by atoms with Gasteiger partial charge in [0.1, 0.15) is 0 Å². The maximum Gasteiger partial charge on any atom is 0.261 e. The van der Waals surface area contributed by atoms with Crippen LogP contribution in [0.15, 0.2) is 30.3 Å². The molecular formula is C8H12N2O2S. The van der Waals surface area contributed by atoms with Crippen LogP contribution in [0.3, 0.4) is 0 Å². The van der Waals surface area contributed by atoms with E-state index in [0.717, 1.165) is 0 Å². The molecule has 1 aromatic carbocycles. The van der Waals surface area contributed by atoms with Crippen molar-refractivity contribution in [2.75, 3.05) is 17.4 Å². The van der Waals surface area contributed by atoms with Gasteiger partial charge < -0.3 is 5.73 Å². The Morgan fingerprint density at radius 3 is 2.46 bits per heavy atom. The minimum Gasteiger partial charge on any atom is -0.329 e. The molecule has 0 amide bonds. The number of anilines is 1. The van der Waals surface area contributed by atoms with Crippen molar-refractivity contribution in [2.45, 2.75) is 0 Å². The van der Waals surface area contributed by atoms with Crippen LogP contribution >= 0.6 is 0 Å². The highest BCUT2D eigenvalue weighted by atomic mass is 32.2. The predicted molar refractivity (Wildman–Crippen MR) is 53.6 cm³/mol. The third kappa shape index (κ3) is 2.80. The Kier molecular flexibility index (Phi) is 3.88. The van der Waals surface area contributed by atoms with Gasteiger partial charge in [-0.15, -0.1) is 0 Å². The summed E-state index contributed by atoms with van der Waals surface area (Å²) in [7, 11) is 0. The lowest BCUT2D eigenvalue weighted by Gasteiger charge is -2.18. The quantitative estimate of drug-likeness (QED) is 0.699. The van der Waals surface area contributed by atoms with Crippen LogP contribution in [-0.4, -0.2) is 21.9 Å². The zero-order valence-corrected chi connectivity index (χ0v) is 7.91. The Balaban J connectivity index is 2.82. The summed E-state index contributed by atoms with van der Waals surface area (Å²) in [6.07, 6.45) is 0. The van der Waals surface area contributed by atoms with Gasteiger partial charge >= 0.3 is 0 Å². The lowest BCUT2D eigenvalue weighted by molar-refractivity contribution is 0.559. The number of benzene rings is 1. The summed E-state index contributed by atoms with van der Waals surface area (Å²) in [5.41, 5.74) is 6.02. The highest BCUT2D eigenvalue weighted by molar-refractivity contribution is 7.80. The molecule has 0 aliphatic rings. The van der Waals surface area contributed by atoms with Gasteiger partial charge in [-0.3, -0.25) is 8.86 Å². The van der Waals surface area contributed by atoms with Gasteiger partial charge in [0.05, 0.1) is 5.69 Å². The van der Waals surface area contributed by atoms with Gasteiger partial charge in [0.2, 0.25) is 0 Å². The van der Waals surface area contributed by atoms with E-state index in [4.69, 9.17) is 10.3 Å². The van der Waals surface area contributed by atoms with E-state index < -0.39 is 11.3 Å². The monoisotopic (exact) mass is 200 g/mol. The SMILES string of the molecule is NCCN(c1ccccc1)S(=O)O. The molecule has 0 fully saturated rings. The van der Waals surface area contributed by atoms with Crippen LogP contribution in [0.1, 0.15) is 0 Å². The van der Waals surface area contributed by atoms with Crippen LogP contribution < -0.4 is 10.0 Å². The van der Waals surface area contributed by atoms with E-state index in [9.17, 15) is 4.21 Å². The van der Waals surface area contributed by atoms with Crippen molar-refractivity contribution in [3.8, 4) is 0 Å². The van der Waals surface area contributed by atoms with E-state index in [1.807, 2.05) is 18.2 Å². The second-order valence-electron chi connectivity index (χ2n) is 2.46. The molecule has 0 saturated carbocycles. The number of hydrogen-bond acceptors (Lipinski definition) is 2. The van der Waals surface area contributed by atoms with Gasteiger partial charge in [0.15, 0.2) is 0 Å². The fraction of sp³-hybridized carbons (Fsp3) is 0.250. The Hall–Kier alpha value is -0.910. The van der Waals surface area contributed by atoms with Crippen molar-refractivity contribution in [2.24, 2.45) is 5.73 Å². The van der Waals surface area contributed by atoms with Gasteiger partial charge in [0.25, 0.3) is 11.3 Å². The minimum atomic E-state index is -2.00. The number of hydrogen-bond donors (Lipinski definition) is 2. The molecule has 0 heterocycles. The molecule has 0 aromatic heterocycles. The lowest BCUT2D eigenvalue weighted by atomic mass is 10.3. The van der Waals surface area contributed by atoms with E-state index >= 15 is 0 Å². The van der Waals surface area contributed by atoms with Gasteiger partial charge in [-0.2, -0.15) is 0 Å². The highest BCUT2D eigenvalue weighted by Gasteiger charge is 2.09. The number of rotatable bonds is 4. The Labute approximate surface area is 79.8 Å². The second kappa shape index (κ2) is 4.96. The number of para-hydroxylation sites is 1. The van der Waals surface area contributed by atoms with Crippen molar-refractivity contribution in [3.63, 3.8) is 0 Å². The topological polar surface area (TPSA) is 66.6 Å². The Morgan fingerprint density at radius 2 is 2.00 bits per heavy atom. The van der Waals surface area contributed by atoms with Crippen LogP contribution in [0.5, 0.6) is 0 Å². The lowest BCUT2D eigenvalue weighted by Crippen LogP contribution is -2.30. The molecule has 5 heteroatoms. The molecular weight excluding hydrogens is 188 g/mol. The summed E-state index contributed by atoms with van der Waals surface area (Å²) in [5, 5.41) is 0. The molecule has 0 radical (unpaired) electrons. The van der Waals surface area contributed by atoms with E-state index in [0.29, 0.717) is 18.8 Å². The molecule has 72 valence electrons. The van der Waals surface area contributed by atoms with Crippen molar-refractivity contribution in [3.05, 3.63) is 30.3 Å². The van der Waals surface area contributed by atoms with Gasteiger partial charge in [-0.1, -0.05) is 18.2 Å². The summed E-state index contributed by atoms with van der Waals surface area (Å²) < 4.78 is 21.1. The third-order valence-electron chi connectivity index (χ3n) is 1.56. The van der Waals surface area contributed by atoms with Crippen molar-refractivity contribution in [1.29, 1.82) is 0 Å². The zero-order valence-electron chi connectivity index (χ0n) is 7.09. The summed E-state index contributed by atoms with van der Waals surface area (Å²) in [5.74, 6) is 0. The van der Waals surface area contributed by atoms with E-state index in [1.54, 1.807) is 12.1 Å². The molecule has 3 N–H and O–H groups in total. The smallest absolute Gasteiger partial charge is 0.261 e. The Bertz CT molecular complexity index is 279. The Morgan fingerprint density at radius 1 is 1.38 bits per heavy atom. The van der Waals surface area contributed by atoms with Crippen LogP contribution in [0, 0.1) is 0 Å². The number of nitrogens with zero attached hydrogens (tertiary/aromatic N) is 1. The predicted octanol–water partition coefficient (Wildman–Crippen LogP) is 0.588. The van der Waals surface area contributed by atoms with Crippen molar-refractivity contribution in [1.82, 2.24) is 0 Å². The third-order valence-corrected chi connectivity index (χ3v) is 2.34. The molecule has 1 atom stereocenters. The fourth-order valence-corrected chi connectivity index (χ4v) is 1.57. The largest absolute Gasteiger partial charge is 0.329 e. The molecule has 0 aliphatic heterocycles. The van der Waals surface area contributed by atoms with Crippen molar-refractivity contribution >= 4 is 17.0 Å². The normalized spacial score (nSPS) is 12.5. The van der Waals surface area contributed by atoms with Gasteiger partial charge in [-0.05, 0) is 12.1 Å². The van der Waals surface area contributed by atoms with Gasteiger partial charge in [0, 0.05) is 13.1 Å². The van der Waals surface area contributed by atoms with Crippen molar-refractivity contribution < 1.29 is 8.76 Å². The standard InChI is InChI=1S/C8H12N2O2S/c9-6-7-10(13(11)12)8-4-2-1-3-5-8/h1-5H,6-7,9H2,(H,11,12). The molecule has 1 rings (SSSR count). The average molecular weight is 200 g/mol. The molecule has 0 saturated heterocycles. The maximum atomic E-state index is 10.9. The molecule has 0 bridgehead atoms. The van der Waals surface area contributed by atoms with E-state index in [-0.39, 0.29) is 0 Å². The zero-order chi connectivity index (χ0) is 9.68. The first-order chi connectivity index (χ1) is 6.25. The summed E-state index contributed by atoms with van der Waals surface area (Å²) in [4.78, 5) is 0. The number of nitrogens with two attached hydrogens (primary N) is 1.